The first-order valence-corrected chi connectivity index (χ1v) is 4.44. The summed E-state index contributed by atoms with van der Waals surface area (Å²) >= 11 is 12.6. The number of nitrogens with zero attached hydrogens (tertiary/aromatic N) is 1. The van der Waals surface area contributed by atoms with Crippen molar-refractivity contribution in [2.24, 2.45) is 0 Å². The smallest absolute Gasteiger partial charge is 0.415 e. The van der Waals surface area contributed by atoms with Crippen LogP contribution in [0, 0.1) is 0 Å². The normalized spacial score (nSPS) is 17.5. The molecular weight excluding hydrogens is 209 g/mol. The van der Waals surface area contributed by atoms with Gasteiger partial charge in [0.2, 0.25) is 0 Å². The van der Waals surface area contributed by atoms with E-state index in [2.05, 4.69) is 4.74 Å². The SMILES string of the molecule is COC(=O)N1CSC(Cl)=C1Cl. The lowest BCUT2D eigenvalue weighted by atomic mass is 10.8. The summed E-state index contributed by atoms with van der Waals surface area (Å²) in [6, 6.07) is 0. The maximum absolute atomic E-state index is 10.9. The zero-order chi connectivity index (χ0) is 8.43. The molecule has 3 nitrogen and oxygen atoms in total. The molecule has 0 atom stereocenters. The van der Waals surface area contributed by atoms with Crippen LogP contribution in [0.25, 0.3) is 0 Å². The molecule has 0 bridgehead atoms. The Morgan fingerprint density at radius 1 is 1.73 bits per heavy atom. The molecule has 11 heavy (non-hydrogen) atoms. The molecule has 0 radical (unpaired) electrons. The number of halogens is 2. The molecule has 0 aliphatic carbocycles. The van der Waals surface area contributed by atoms with Crippen LogP contribution in [0.3, 0.4) is 0 Å². The van der Waals surface area contributed by atoms with Crippen LogP contribution in [0.2, 0.25) is 0 Å². The summed E-state index contributed by atoms with van der Waals surface area (Å²) in [7, 11) is 1.30. The molecule has 62 valence electrons. The van der Waals surface area contributed by atoms with Crippen molar-refractivity contribution < 1.29 is 9.53 Å². The zero-order valence-corrected chi connectivity index (χ0v) is 7.96. The Morgan fingerprint density at radius 2 is 2.36 bits per heavy atom. The minimum atomic E-state index is -0.488. The molecule has 1 amide bonds. The minimum absolute atomic E-state index is 0.239. The third-order valence-electron chi connectivity index (χ3n) is 1.11. The van der Waals surface area contributed by atoms with Gasteiger partial charge in [0, 0.05) is 0 Å². The second-order valence-corrected chi connectivity index (χ2v) is 3.65. The Morgan fingerprint density at radius 3 is 2.73 bits per heavy atom. The van der Waals surface area contributed by atoms with Crippen molar-refractivity contribution in [1.29, 1.82) is 0 Å². The van der Waals surface area contributed by atoms with E-state index >= 15 is 0 Å². The topological polar surface area (TPSA) is 29.5 Å². The predicted molar refractivity (Wildman–Crippen MR) is 45.4 cm³/mol. The van der Waals surface area contributed by atoms with Gasteiger partial charge in [-0.05, 0) is 0 Å². The van der Waals surface area contributed by atoms with Gasteiger partial charge >= 0.3 is 6.09 Å². The van der Waals surface area contributed by atoms with E-state index in [0.717, 1.165) is 0 Å². The molecule has 1 heterocycles. The fraction of sp³-hybridized carbons (Fsp3) is 0.400. The monoisotopic (exact) mass is 213 g/mol. The lowest BCUT2D eigenvalue weighted by Crippen LogP contribution is -2.24. The molecule has 1 aliphatic rings. The zero-order valence-electron chi connectivity index (χ0n) is 5.63. The maximum atomic E-state index is 10.9. The van der Waals surface area contributed by atoms with Gasteiger partial charge in [0.15, 0.2) is 0 Å². The molecule has 0 saturated heterocycles. The number of hydrogen-bond donors (Lipinski definition) is 0. The standard InChI is InChI=1S/C5H5Cl2NO2S/c1-10-5(9)8-2-11-4(7)3(8)6/h2H2,1H3. The summed E-state index contributed by atoms with van der Waals surface area (Å²) in [6.45, 7) is 0. The van der Waals surface area contributed by atoms with Crippen LogP contribution in [0.5, 0.6) is 0 Å². The number of thioether (sulfide) groups is 1. The molecule has 0 spiro atoms. The number of carbonyl (C=O) groups excluding carboxylic acids is 1. The largest absolute Gasteiger partial charge is 0.452 e. The molecule has 1 aliphatic heterocycles. The highest BCUT2D eigenvalue weighted by molar-refractivity contribution is 8.04. The van der Waals surface area contributed by atoms with Gasteiger partial charge in [0.05, 0.1) is 13.0 Å². The van der Waals surface area contributed by atoms with Gasteiger partial charge in [-0.1, -0.05) is 35.0 Å². The van der Waals surface area contributed by atoms with Crippen LogP contribution >= 0.6 is 35.0 Å². The average molecular weight is 214 g/mol. The van der Waals surface area contributed by atoms with Crippen molar-refractivity contribution in [3.05, 3.63) is 9.52 Å². The summed E-state index contributed by atoms with van der Waals surface area (Å²) in [5, 5.41) is 0.239. The maximum Gasteiger partial charge on any atom is 0.415 e. The third kappa shape index (κ3) is 1.75. The molecule has 0 saturated carbocycles. The molecule has 0 N–H and O–H groups in total. The molecule has 0 aromatic carbocycles. The minimum Gasteiger partial charge on any atom is -0.452 e. The van der Waals surface area contributed by atoms with E-state index in [-0.39, 0.29) is 5.16 Å². The van der Waals surface area contributed by atoms with Gasteiger partial charge in [-0.15, -0.1) is 0 Å². The van der Waals surface area contributed by atoms with Crippen molar-refractivity contribution in [2.45, 2.75) is 0 Å². The summed E-state index contributed by atoms with van der Waals surface area (Å²) in [6.07, 6.45) is -0.488. The van der Waals surface area contributed by atoms with Crippen LogP contribution < -0.4 is 0 Å². The number of methoxy groups -OCH3 is 1. The summed E-state index contributed by atoms with van der Waals surface area (Å²) in [5.74, 6) is 0.421. The van der Waals surface area contributed by atoms with Gasteiger partial charge in [-0.2, -0.15) is 0 Å². The van der Waals surface area contributed by atoms with E-state index in [1.54, 1.807) is 0 Å². The van der Waals surface area contributed by atoms with E-state index < -0.39 is 6.09 Å². The molecular formula is C5H5Cl2NO2S. The summed E-state index contributed by atoms with van der Waals surface area (Å²) in [4.78, 5) is 12.1. The van der Waals surface area contributed by atoms with Gasteiger partial charge < -0.3 is 4.74 Å². The number of rotatable bonds is 0. The van der Waals surface area contributed by atoms with E-state index in [9.17, 15) is 4.79 Å². The molecule has 0 fully saturated rings. The van der Waals surface area contributed by atoms with Crippen LogP contribution in [-0.4, -0.2) is 24.0 Å². The van der Waals surface area contributed by atoms with Crippen LogP contribution in [0.15, 0.2) is 9.52 Å². The molecule has 0 aromatic heterocycles. The number of amides is 1. The molecule has 0 unspecified atom stereocenters. The summed E-state index contributed by atoms with van der Waals surface area (Å²) in [5.41, 5.74) is 0. The van der Waals surface area contributed by atoms with E-state index in [4.69, 9.17) is 23.2 Å². The first-order valence-electron chi connectivity index (χ1n) is 2.70. The van der Waals surface area contributed by atoms with Crippen molar-refractivity contribution in [1.82, 2.24) is 4.90 Å². The second-order valence-electron chi connectivity index (χ2n) is 1.74. The molecule has 0 aromatic rings. The van der Waals surface area contributed by atoms with Crippen molar-refractivity contribution in [3.63, 3.8) is 0 Å². The molecule has 6 heteroatoms. The fourth-order valence-corrected chi connectivity index (χ4v) is 1.90. The average Bonchev–Trinajstić information content (AvgIpc) is 2.32. The lowest BCUT2D eigenvalue weighted by molar-refractivity contribution is 0.145. The van der Waals surface area contributed by atoms with Gasteiger partial charge in [-0.25, -0.2) is 4.79 Å². The van der Waals surface area contributed by atoms with Crippen molar-refractivity contribution >= 4 is 41.1 Å². The highest BCUT2D eigenvalue weighted by Gasteiger charge is 2.26. The summed E-state index contributed by atoms with van der Waals surface area (Å²) < 4.78 is 4.88. The van der Waals surface area contributed by atoms with E-state index in [1.165, 1.54) is 23.8 Å². The quantitative estimate of drug-likeness (QED) is 0.579. The van der Waals surface area contributed by atoms with Crippen molar-refractivity contribution in [2.75, 3.05) is 13.0 Å². The highest BCUT2D eigenvalue weighted by atomic mass is 35.5. The Kier molecular flexibility index (Phi) is 2.92. The fourth-order valence-electron chi connectivity index (χ4n) is 0.587. The first-order chi connectivity index (χ1) is 5.16. The third-order valence-corrected chi connectivity index (χ3v) is 3.06. The van der Waals surface area contributed by atoms with Crippen LogP contribution in [0.4, 0.5) is 4.79 Å². The van der Waals surface area contributed by atoms with Crippen LogP contribution in [0.1, 0.15) is 0 Å². The van der Waals surface area contributed by atoms with E-state index in [0.29, 0.717) is 10.2 Å². The predicted octanol–water partition coefficient (Wildman–Crippen LogP) is 2.36. The highest BCUT2D eigenvalue weighted by Crippen LogP contribution is 2.36. The lowest BCUT2D eigenvalue weighted by Gasteiger charge is -2.12. The van der Waals surface area contributed by atoms with Gasteiger partial charge in [0.1, 0.15) is 9.52 Å². The van der Waals surface area contributed by atoms with Crippen molar-refractivity contribution in [3.8, 4) is 0 Å². The second kappa shape index (κ2) is 3.56. The van der Waals surface area contributed by atoms with E-state index in [1.807, 2.05) is 0 Å². The number of ether oxygens (including phenoxy) is 1. The van der Waals surface area contributed by atoms with Crippen LogP contribution in [-0.2, 0) is 4.74 Å². The Hall–Kier alpha value is -0.0600. The molecule has 1 rings (SSSR count). The number of carbonyl (C=O) groups is 1. The first kappa shape index (κ1) is 9.03. The Bertz CT molecular complexity index is 219. The Labute approximate surface area is 78.3 Å². The number of hydrogen-bond acceptors (Lipinski definition) is 3. The van der Waals surface area contributed by atoms with Gasteiger partial charge in [-0.3, -0.25) is 4.90 Å². The van der Waals surface area contributed by atoms with Gasteiger partial charge in [0.25, 0.3) is 0 Å². The Balaban J connectivity index is 2.71.